The third-order valence-electron chi connectivity index (χ3n) is 4.30. The van der Waals surface area contributed by atoms with Crippen molar-refractivity contribution in [3.05, 3.63) is 46.7 Å². The number of aliphatic imine (C=N–C) groups is 1. The summed E-state index contributed by atoms with van der Waals surface area (Å²) in [5, 5.41) is 6.51. The Labute approximate surface area is 138 Å². The second-order valence-corrected chi connectivity index (χ2v) is 6.18. The molecule has 0 radical (unpaired) electrons. The zero-order chi connectivity index (χ0) is 17.5. The van der Waals surface area contributed by atoms with Gasteiger partial charge in [0.15, 0.2) is 11.6 Å². The minimum atomic E-state index is -4.37. The first kappa shape index (κ1) is 16.8. The Hall–Kier alpha value is -2.06. The molecule has 1 aromatic rings. The first-order valence-electron chi connectivity index (χ1n) is 7.66. The van der Waals surface area contributed by atoms with Crippen LogP contribution >= 0.6 is 0 Å². The van der Waals surface area contributed by atoms with E-state index < -0.39 is 17.4 Å². The molecule has 130 valence electrons. The standard InChI is InChI=1S/C16H20F3N5/c1-24(2)14-22-13-9-21-8-7-12(13)15(20,23-14)10-3-5-11(6-4-10)16(17,18)19/h3-6,21H,7-9,20H2,1-2H3,(H,22,23). The van der Waals surface area contributed by atoms with Crippen molar-refractivity contribution in [1.29, 1.82) is 0 Å². The van der Waals surface area contributed by atoms with Gasteiger partial charge in [-0.05, 0) is 36.2 Å². The second kappa shape index (κ2) is 5.78. The van der Waals surface area contributed by atoms with Crippen molar-refractivity contribution >= 4 is 5.96 Å². The van der Waals surface area contributed by atoms with Gasteiger partial charge in [0.05, 0.1) is 5.56 Å². The highest BCUT2D eigenvalue weighted by Crippen LogP contribution is 2.37. The van der Waals surface area contributed by atoms with E-state index in [4.69, 9.17) is 5.73 Å². The number of hydrogen-bond donors (Lipinski definition) is 3. The van der Waals surface area contributed by atoms with Crippen LogP contribution in [0.25, 0.3) is 0 Å². The predicted molar refractivity (Wildman–Crippen MR) is 86.1 cm³/mol. The van der Waals surface area contributed by atoms with Crippen LogP contribution in [-0.2, 0) is 11.8 Å². The van der Waals surface area contributed by atoms with Crippen LogP contribution < -0.4 is 16.4 Å². The molecule has 8 heteroatoms. The molecule has 5 nitrogen and oxygen atoms in total. The number of hydrogen-bond acceptors (Lipinski definition) is 5. The van der Waals surface area contributed by atoms with Gasteiger partial charge in [-0.3, -0.25) is 5.73 Å². The normalized spacial score (nSPS) is 24.2. The van der Waals surface area contributed by atoms with E-state index >= 15 is 0 Å². The molecule has 0 aliphatic carbocycles. The largest absolute Gasteiger partial charge is 0.416 e. The smallest absolute Gasteiger partial charge is 0.349 e. The summed E-state index contributed by atoms with van der Waals surface area (Å²) in [7, 11) is 3.67. The lowest BCUT2D eigenvalue weighted by Gasteiger charge is -2.39. The Kier molecular flexibility index (Phi) is 4.05. The van der Waals surface area contributed by atoms with Gasteiger partial charge in [0.1, 0.15) is 0 Å². The number of guanidine groups is 1. The van der Waals surface area contributed by atoms with Crippen LogP contribution in [0.1, 0.15) is 17.5 Å². The second-order valence-electron chi connectivity index (χ2n) is 6.18. The summed E-state index contributed by atoms with van der Waals surface area (Å²) in [6, 6.07) is 4.94. The van der Waals surface area contributed by atoms with E-state index in [2.05, 4.69) is 15.6 Å². The van der Waals surface area contributed by atoms with E-state index in [1.807, 2.05) is 14.1 Å². The third kappa shape index (κ3) is 2.87. The van der Waals surface area contributed by atoms with Crippen molar-refractivity contribution in [3.8, 4) is 0 Å². The number of halogens is 3. The van der Waals surface area contributed by atoms with Crippen LogP contribution in [0.4, 0.5) is 13.2 Å². The van der Waals surface area contributed by atoms with Crippen molar-refractivity contribution < 1.29 is 13.2 Å². The molecule has 24 heavy (non-hydrogen) atoms. The molecule has 0 aromatic heterocycles. The molecule has 0 bridgehead atoms. The summed E-state index contributed by atoms with van der Waals surface area (Å²) in [6.07, 6.45) is -3.68. The highest BCUT2D eigenvalue weighted by atomic mass is 19.4. The predicted octanol–water partition coefficient (Wildman–Crippen LogP) is 1.59. The lowest BCUT2D eigenvalue weighted by molar-refractivity contribution is -0.137. The van der Waals surface area contributed by atoms with Crippen LogP contribution in [0.15, 0.2) is 40.5 Å². The van der Waals surface area contributed by atoms with E-state index in [1.165, 1.54) is 12.1 Å². The van der Waals surface area contributed by atoms with Crippen LogP contribution in [0.5, 0.6) is 0 Å². The molecule has 4 N–H and O–H groups in total. The Bertz CT molecular complexity index is 691. The number of rotatable bonds is 1. The molecule has 0 spiro atoms. The molecule has 0 fully saturated rings. The fourth-order valence-electron chi connectivity index (χ4n) is 2.99. The molecule has 3 rings (SSSR count). The summed E-state index contributed by atoms with van der Waals surface area (Å²) in [5.41, 5.74) is 7.14. The molecular formula is C16H20F3N5. The number of nitrogens with zero attached hydrogens (tertiary/aromatic N) is 2. The SMILES string of the molecule is CN(C)C1=NC(N)(c2ccc(C(F)(F)F)cc2)C2=C(CNCC2)N1. The molecule has 2 heterocycles. The molecule has 0 saturated heterocycles. The molecule has 1 aromatic carbocycles. The van der Waals surface area contributed by atoms with Gasteiger partial charge in [-0.2, -0.15) is 13.2 Å². The highest BCUT2D eigenvalue weighted by molar-refractivity contribution is 5.84. The number of nitrogens with two attached hydrogens (primary N) is 1. The Morgan fingerprint density at radius 3 is 2.46 bits per heavy atom. The monoisotopic (exact) mass is 339 g/mol. The fourth-order valence-corrected chi connectivity index (χ4v) is 2.99. The van der Waals surface area contributed by atoms with Crippen LogP contribution in [0, 0.1) is 0 Å². The molecule has 0 amide bonds. The first-order chi connectivity index (χ1) is 11.2. The average Bonchev–Trinajstić information content (AvgIpc) is 2.54. The number of alkyl halides is 3. The minimum absolute atomic E-state index is 0.547. The van der Waals surface area contributed by atoms with E-state index in [0.717, 1.165) is 29.9 Å². The van der Waals surface area contributed by atoms with Crippen molar-refractivity contribution in [1.82, 2.24) is 15.5 Å². The van der Waals surface area contributed by atoms with Crippen molar-refractivity contribution in [2.24, 2.45) is 10.7 Å². The summed E-state index contributed by atoms with van der Waals surface area (Å²) in [5.74, 6) is 0.583. The van der Waals surface area contributed by atoms with Crippen molar-refractivity contribution in [2.45, 2.75) is 18.3 Å². The molecule has 2 aliphatic heterocycles. The number of nitrogens with one attached hydrogen (secondary N) is 2. The summed E-state index contributed by atoms with van der Waals surface area (Å²) >= 11 is 0. The topological polar surface area (TPSA) is 65.7 Å². The first-order valence-corrected chi connectivity index (χ1v) is 7.66. The zero-order valence-electron chi connectivity index (χ0n) is 13.5. The lowest BCUT2D eigenvalue weighted by atomic mass is 9.86. The Morgan fingerprint density at radius 2 is 1.88 bits per heavy atom. The van der Waals surface area contributed by atoms with Gasteiger partial charge in [0, 0.05) is 26.3 Å². The third-order valence-corrected chi connectivity index (χ3v) is 4.30. The van der Waals surface area contributed by atoms with Crippen LogP contribution in [0.2, 0.25) is 0 Å². The summed E-state index contributed by atoms with van der Waals surface area (Å²) in [6.45, 7) is 1.38. The van der Waals surface area contributed by atoms with Gasteiger partial charge in [0.2, 0.25) is 0 Å². The van der Waals surface area contributed by atoms with E-state index in [1.54, 1.807) is 4.90 Å². The molecule has 1 atom stereocenters. The van der Waals surface area contributed by atoms with Gasteiger partial charge in [0.25, 0.3) is 0 Å². The lowest BCUT2D eigenvalue weighted by Crippen LogP contribution is -2.53. The van der Waals surface area contributed by atoms with Crippen molar-refractivity contribution in [2.75, 3.05) is 27.2 Å². The average molecular weight is 339 g/mol. The zero-order valence-corrected chi connectivity index (χ0v) is 13.5. The van der Waals surface area contributed by atoms with Gasteiger partial charge < -0.3 is 15.5 Å². The minimum Gasteiger partial charge on any atom is -0.349 e. The Morgan fingerprint density at radius 1 is 1.21 bits per heavy atom. The fraction of sp³-hybridized carbons (Fsp3) is 0.438. The molecule has 0 saturated carbocycles. The van der Waals surface area contributed by atoms with Gasteiger partial charge in [-0.1, -0.05) is 12.1 Å². The maximum absolute atomic E-state index is 12.8. The summed E-state index contributed by atoms with van der Waals surface area (Å²) < 4.78 is 38.4. The van der Waals surface area contributed by atoms with E-state index in [9.17, 15) is 13.2 Å². The maximum Gasteiger partial charge on any atom is 0.416 e. The molecular weight excluding hydrogens is 319 g/mol. The number of benzene rings is 1. The molecule has 1 unspecified atom stereocenters. The molecule has 2 aliphatic rings. The van der Waals surface area contributed by atoms with Gasteiger partial charge >= 0.3 is 6.18 Å². The quantitative estimate of drug-likeness (QED) is 0.727. The van der Waals surface area contributed by atoms with Gasteiger partial charge in [-0.15, -0.1) is 0 Å². The highest BCUT2D eigenvalue weighted by Gasteiger charge is 2.39. The summed E-state index contributed by atoms with van der Waals surface area (Å²) in [4.78, 5) is 6.40. The van der Waals surface area contributed by atoms with E-state index in [-0.39, 0.29) is 0 Å². The van der Waals surface area contributed by atoms with Gasteiger partial charge in [-0.25, -0.2) is 4.99 Å². The van der Waals surface area contributed by atoms with Crippen molar-refractivity contribution in [3.63, 3.8) is 0 Å². The van der Waals surface area contributed by atoms with Crippen LogP contribution in [0.3, 0.4) is 0 Å². The van der Waals surface area contributed by atoms with E-state index in [0.29, 0.717) is 24.5 Å². The maximum atomic E-state index is 12.8. The van der Waals surface area contributed by atoms with Crippen LogP contribution in [-0.4, -0.2) is 38.0 Å². The Balaban J connectivity index is 2.07.